The van der Waals surface area contributed by atoms with Gasteiger partial charge in [-0.2, -0.15) is 0 Å². The van der Waals surface area contributed by atoms with Gasteiger partial charge in [0.2, 0.25) is 0 Å². The molecule has 1 rings (SSSR count). The maximum absolute atomic E-state index is 12.1. The summed E-state index contributed by atoms with van der Waals surface area (Å²) in [6.45, 7) is 8.46. The van der Waals surface area contributed by atoms with Gasteiger partial charge in [-0.05, 0) is 44.9 Å². The van der Waals surface area contributed by atoms with E-state index >= 15 is 0 Å². The highest BCUT2D eigenvalue weighted by Crippen LogP contribution is 2.31. The molecule has 90 valence electrons. The largest absolute Gasteiger partial charge is 0.325 e. The van der Waals surface area contributed by atoms with Crippen molar-refractivity contribution in [3.05, 3.63) is 0 Å². The summed E-state index contributed by atoms with van der Waals surface area (Å²) in [5.74, 6) is 2.09. The fourth-order valence-electron chi connectivity index (χ4n) is 2.57. The Morgan fingerprint density at radius 3 is 2.07 bits per heavy atom. The Morgan fingerprint density at radius 1 is 1.20 bits per heavy atom. The molecule has 3 heteroatoms. The highest BCUT2D eigenvalue weighted by Gasteiger charge is 2.29. The Labute approximate surface area is 96.5 Å². The van der Waals surface area contributed by atoms with Crippen molar-refractivity contribution in [2.75, 3.05) is 5.75 Å². The Morgan fingerprint density at radius 2 is 1.67 bits per heavy atom. The minimum absolute atomic E-state index is 0.297. The fourth-order valence-corrected chi connectivity index (χ4v) is 4.63. The molecule has 1 fully saturated rings. The lowest BCUT2D eigenvalue weighted by atomic mass is 9.83. The first-order chi connectivity index (χ1) is 6.78. The van der Waals surface area contributed by atoms with Crippen LogP contribution in [-0.2, 0) is 10.8 Å². The standard InChI is InChI=1S/C12H25NOS/c1-9-5-10(2)7-11(6-9)15(14)8-12(3,4)13/h9-11H,5-8,13H2,1-4H3. The van der Waals surface area contributed by atoms with Crippen LogP contribution in [-0.4, -0.2) is 20.8 Å². The zero-order valence-electron chi connectivity index (χ0n) is 10.5. The van der Waals surface area contributed by atoms with Crippen LogP contribution in [0.2, 0.25) is 0 Å². The van der Waals surface area contributed by atoms with E-state index in [0.717, 1.165) is 24.7 Å². The van der Waals surface area contributed by atoms with Crippen LogP contribution in [0, 0.1) is 11.8 Å². The van der Waals surface area contributed by atoms with Crippen LogP contribution in [0.15, 0.2) is 0 Å². The smallest absolute Gasteiger partial charge is 0.0412 e. The van der Waals surface area contributed by atoms with Crippen molar-refractivity contribution in [2.45, 2.75) is 57.7 Å². The molecule has 2 nitrogen and oxygen atoms in total. The van der Waals surface area contributed by atoms with E-state index in [0.29, 0.717) is 11.0 Å². The van der Waals surface area contributed by atoms with E-state index in [1.165, 1.54) is 6.42 Å². The van der Waals surface area contributed by atoms with Gasteiger partial charge in [0.15, 0.2) is 0 Å². The predicted molar refractivity (Wildman–Crippen MR) is 67.2 cm³/mol. The molecule has 1 aliphatic carbocycles. The van der Waals surface area contributed by atoms with Gasteiger partial charge in [-0.25, -0.2) is 0 Å². The van der Waals surface area contributed by atoms with Crippen LogP contribution < -0.4 is 5.73 Å². The van der Waals surface area contributed by atoms with Crippen molar-refractivity contribution in [3.63, 3.8) is 0 Å². The first-order valence-corrected chi connectivity index (χ1v) is 7.32. The molecule has 2 N–H and O–H groups in total. The molecule has 0 aromatic carbocycles. The third kappa shape index (κ3) is 4.64. The van der Waals surface area contributed by atoms with Gasteiger partial charge in [-0.1, -0.05) is 13.8 Å². The summed E-state index contributed by atoms with van der Waals surface area (Å²) in [5.41, 5.74) is 5.62. The van der Waals surface area contributed by atoms with Crippen molar-refractivity contribution in [1.29, 1.82) is 0 Å². The quantitative estimate of drug-likeness (QED) is 0.810. The molecule has 0 amide bonds. The van der Waals surface area contributed by atoms with Gasteiger partial charge in [-0.15, -0.1) is 0 Å². The van der Waals surface area contributed by atoms with Crippen molar-refractivity contribution in [3.8, 4) is 0 Å². The average Bonchev–Trinajstić information content (AvgIpc) is 1.98. The van der Waals surface area contributed by atoms with Crippen LogP contribution in [0.5, 0.6) is 0 Å². The maximum Gasteiger partial charge on any atom is 0.0412 e. The molecular weight excluding hydrogens is 206 g/mol. The molecule has 0 spiro atoms. The SMILES string of the molecule is CC1CC(C)CC(S(=O)CC(C)(C)N)C1. The topological polar surface area (TPSA) is 43.1 Å². The molecule has 1 aliphatic rings. The van der Waals surface area contributed by atoms with Crippen LogP contribution in [0.25, 0.3) is 0 Å². The Balaban J connectivity index is 2.52. The molecule has 0 bridgehead atoms. The molecule has 0 aromatic heterocycles. The Bertz CT molecular complexity index is 224. The van der Waals surface area contributed by atoms with E-state index in [2.05, 4.69) is 13.8 Å². The van der Waals surface area contributed by atoms with Gasteiger partial charge in [-0.3, -0.25) is 4.21 Å². The number of hydrogen-bond acceptors (Lipinski definition) is 2. The third-order valence-electron chi connectivity index (χ3n) is 3.02. The molecule has 0 radical (unpaired) electrons. The zero-order chi connectivity index (χ0) is 11.6. The first-order valence-electron chi connectivity index (χ1n) is 5.94. The fraction of sp³-hybridized carbons (Fsp3) is 1.00. The van der Waals surface area contributed by atoms with E-state index in [1.807, 2.05) is 13.8 Å². The summed E-state index contributed by atoms with van der Waals surface area (Å²) in [4.78, 5) is 0. The second kappa shape index (κ2) is 4.96. The van der Waals surface area contributed by atoms with Crippen LogP contribution >= 0.6 is 0 Å². The summed E-state index contributed by atoms with van der Waals surface area (Å²) in [6.07, 6.45) is 3.53. The van der Waals surface area contributed by atoms with Crippen molar-refractivity contribution in [1.82, 2.24) is 0 Å². The van der Waals surface area contributed by atoms with E-state index < -0.39 is 10.8 Å². The van der Waals surface area contributed by atoms with Crippen LogP contribution in [0.4, 0.5) is 0 Å². The number of hydrogen-bond donors (Lipinski definition) is 1. The molecule has 0 heterocycles. The average molecular weight is 231 g/mol. The lowest BCUT2D eigenvalue weighted by Crippen LogP contribution is -2.41. The number of rotatable bonds is 3. The van der Waals surface area contributed by atoms with E-state index in [-0.39, 0.29) is 5.54 Å². The molecule has 3 unspecified atom stereocenters. The summed E-state index contributed by atoms with van der Waals surface area (Å²) in [6, 6.07) is 0. The molecule has 15 heavy (non-hydrogen) atoms. The van der Waals surface area contributed by atoms with Gasteiger partial charge in [0.1, 0.15) is 0 Å². The lowest BCUT2D eigenvalue weighted by molar-refractivity contribution is 0.305. The van der Waals surface area contributed by atoms with Gasteiger partial charge in [0, 0.05) is 27.3 Å². The predicted octanol–water partition coefficient (Wildman–Crippen LogP) is 2.30. The van der Waals surface area contributed by atoms with Crippen LogP contribution in [0.3, 0.4) is 0 Å². The van der Waals surface area contributed by atoms with Gasteiger partial charge >= 0.3 is 0 Å². The highest BCUT2D eigenvalue weighted by atomic mass is 32.2. The van der Waals surface area contributed by atoms with Crippen LogP contribution in [0.1, 0.15) is 47.0 Å². The first kappa shape index (κ1) is 13.2. The van der Waals surface area contributed by atoms with Gasteiger partial charge in [0.05, 0.1) is 0 Å². The minimum Gasteiger partial charge on any atom is -0.325 e. The van der Waals surface area contributed by atoms with Crippen molar-refractivity contribution in [2.24, 2.45) is 17.6 Å². The van der Waals surface area contributed by atoms with E-state index in [9.17, 15) is 4.21 Å². The van der Waals surface area contributed by atoms with E-state index in [4.69, 9.17) is 5.73 Å². The Hall–Kier alpha value is 0.110. The normalized spacial score (nSPS) is 35.1. The van der Waals surface area contributed by atoms with Crippen molar-refractivity contribution >= 4 is 10.8 Å². The molecule has 0 aromatic rings. The molecule has 0 aliphatic heterocycles. The third-order valence-corrected chi connectivity index (χ3v) is 5.18. The molecule has 0 saturated heterocycles. The monoisotopic (exact) mass is 231 g/mol. The Kier molecular flexibility index (Phi) is 4.36. The second-order valence-corrected chi connectivity index (χ2v) is 7.77. The summed E-state index contributed by atoms with van der Waals surface area (Å²) in [7, 11) is -0.742. The lowest BCUT2D eigenvalue weighted by Gasteiger charge is -2.32. The summed E-state index contributed by atoms with van der Waals surface area (Å²) in [5, 5.41) is 0.381. The van der Waals surface area contributed by atoms with Gasteiger partial charge in [0.25, 0.3) is 0 Å². The molecule has 1 saturated carbocycles. The minimum atomic E-state index is -0.742. The van der Waals surface area contributed by atoms with Crippen molar-refractivity contribution < 1.29 is 4.21 Å². The highest BCUT2D eigenvalue weighted by molar-refractivity contribution is 7.85. The summed E-state index contributed by atoms with van der Waals surface area (Å²) < 4.78 is 12.1. The molecular formula is C12H25NOS. The second-order valence-electron chi connectivity index (χ2n) is 6.05. The summed E-state index contributed by atoms with van der Waals surface area (Å²) >= 11 is 0. The molecule has 3 atom stereocenters. The van der Waals surface area contributed by atoms with Gasteiger partial charge < -0.3 is 5.73 Å². The maximum atomic E-state index is 12.1. The zero-order valence-corrected chi connectivity index (χ0v) is 11.3. The van der Waals surface area contributed by atoms with E-state index in [1.54, 1.807) is 0 Å². The number of nitrogens with two attached hydrogens (primary N) is 1.